The third-order valence-electron chi connectivity index (χ3n) is 3.56. The Labute approximate surface area is 80.6 Å². The zero-order valence-electron chi connectivity index (χ0n) is 8.93. The lowest BCUT2D eigenvalue weighted by Crippen LogP contribution is -2.50. The lowest BCUT2D eigenvalue weighted by Gasteiger charge is -2.46. The Morgan fingerprint density at radius 3 is 2.31 bits per heavy atom. The van der Waals surface area contributed by atoms with Crippen LogP contribution in [-0.4, -0.2) is 18.5 Å². The summed E-state index contributed by atoms with van der Waals surface area (Å²) in [6.07, 6.45) is 5.01. The van der Waals surface area contributed by atoms with E-state index < -0.39 is 0 Å². The van der Waals surface area contributed by atoms with Crippen molar-refractivity contribution in [3.8, 4) is 0 Å². The highest BCUT2D eigenvalue weighted by Gasteiger charge is 2.46. The van der Waals surface area contributed by atoms with E-state index in [2.05, 4.69) is 20.8 Å². The Morgan fingerprint density at radius 2 is 1.77 bits per heavy atom. The van der Waals surface area contributed by atoms with Gasteiger partial charge in [-0.2, -0.15) is 0 Å². The van der Waals surface area contributed by atoms with Gasteiger partial charge in [0.1, 0.15) is 0 Å². The first-order valence-corrected chi connectivity index (χ1v) is 5.36. The molecule has 76 valence electrons. The van der Waals surface area contributed by atoms with Crippen molar-refractivity contribution in [2.45, 2.75) is 58.3 Å². The van der Waals surface area contributed by atoms with Gasteiger partial charge in [-0.25, -0.2) is 0 Å². The molecular weight excluding hydrogens is 164 g/mol. The van der Waals surface area contributed by atoms with Crippen LogP contribution in [-0.2, 0) is 9.47 Å². The average Bonchev–Trinajstić information content (AvgIpc) is 2.48. The molecule has 1 aliphatic carbocycles. The molecule has 0 bridgehead atoms. The monoisotopic (exact) mass is 184 g/mol. The van der Waals surface area contributed by atoms with Gasteiger partial charge in [0.15, 0.2) is 5.79 Å². The van der Waals surface area contributed by atoms with Crippen LogP contribution < -0.4 is 0 Å². The van der Waals surface area contributed by atoms with Crippen molar-refractivity contribution in [3.05, 3.63) is 0 Å². The largest absolute Gasteiger partial charge is 0.349 e. The van der Waals surface area contributed by atoms with Gasteiger partial charge in [0, 0.05) is 18.3 Å². The maximum atomic E-state index is 6.03. The SMILES string of the molecule is CC1OC2(CCCC2)OCC1(C)C. The van der Waals surface area contributed by atoms with E-state index in [9.17, 15) is 0 Å². The van der Waals surface area contributed by atoms with Crippen molar-refractivity contribution in [1.29, 1.82) is 0 Å². The van der Waals surface area contributed by atoms with Crippen molar-refractivity contribution in [1.82, 2.24) is 0 Å². The Hall–Kier alpha value is -0.0800. The van der Waals surface area contributed by atoms with Crippen LogP contribution in [0.4, 0.5) is 0 Å². The molecule has 1 saturated carbocycles. The summed E-state index contributed by atoms with van der Waals surface area (Å²) >= 11 is 0. The molecule has 2 fully saturated rings. The van der Waals surface area contributed by atoms with Crippen molar-refractivity contribution in [3.63, 3.8) is 0 Å². The molecule has 2 rings (SSSR count). The van der Waals surface area contributed by atoms with E-state index in [0.717, 1.165) is 19.4 Å². The third kappa shape index (κ3) is 1.62. The van der Waals surface area contributed by atoms with Crippen LogP contribution in [0.15, 0.2) is 0 Å². The van der Waals surface area contributed by atoms with Crippen LogP contribution in [0.1, 0.15) is 46.5 Å². The second kappa shape index (κ2) is 2.96. The molecule has 1 heterocycles. The summed E-state index contributed by atoms with van der Waals surface area (Å²) in [6, 6.07) is 0. The fourth-order valence-corrected chi connectivity index (χ4v) is 2.13. The first-order chi connectivity index (χ1) is 6.04. The molecule has 1 spiro atoms. The number of rotatable bonds is 0. The molecule has 0 aromatic carbocycles. The van der Waals surface area contributed by atoms with E-state index >= 15 is 0 Å². The second-order valence-corrected chi connectivity index (χ2v) is 5.16. The number of ether oxygens (including phenoxy) is 2. The van der Waals surface area contributed by atoms with Crippen molar-refractivity contribution < 1.29 is 9.47 Å². The number of hydrogen-bond donors (Lipinski definition) is 0. The highest BCUT2D eigenvalue weighted by atomic mass is 16.7. The predicted molar refractivity (Wildman–Crippen MR) is 51.5 cm³/mol. The Morgan fingerprint density at radius 1 is 1.15 bits per heavy atom. The fourth-order valence-electron chi connectivity index (χ4n) is 2.13. The summed E-state index contributed by atoms with van der Waals surface area (Å²) in [6.45, 7) is 7.43. The molecule has 0 aromatic rings. The first-order valence-electron chi connectivity index (χ1n) is 5.36. The molecule has 13 heavy (non-hydrogen) atoms. The summed E-state index contributed by atoms with van der Waals surface area (Å²) in [5.74, 6) is -0.199. The standard InChI is InChI=1S/C11H20O2/c1-9-10(2,3)8-12-11(13-9)6-4-5-7-11/h9H,4-8H2,1-3H3. The van der Waals surface area contributed by atoms with Gasteiger partial charge < -0.3 is 9.47 Å². The molecule has 1 saturated heterocycles. The molecule has 0 amide bonds. The van der Waals surface area contributed by atoms with E-state index in [1.807, 2.05) is 0 Å². The van der Waals surface area contributed by atoms with Gasteiger partial charge in [-0.1, -0.05) is 13.8 Å². The van der Waals surface area contributed by atoms with Gasteiger partial charge in [-0.05, 0) is 19.8 Å². The predicted octanol–water partition coefficient (Wildman–Crippen LogP) is 2.72. The minimum absolute atomic E-state index is 0.174. The van der Waals surface area contributed by atoms with Crippen LogP contribution in [0, 0.1) is 5.41 Å². The van der Waals surface area contributed by atoms with Gasteiger partial charge in [0.2, 0.25) is 0 Å². The van der Waals surface area contributed by atoms with Crippen LogP contribution in [0.2, 0.25) is 0 Å². The van der Waals surface area contributed by atoms with Crippen LogP contribution >= 0.6 is 0 Å². The first kappa shape index (κ1) is 9.47. The van der Waals surface area contributed by atoms with Crippen molar-refractivity contribution >= 4 is 0 Å². The van der Waals surface area contributed by atoms with Crippen LogP contribution in [0.25, 0.3) is 0 Å². The summed E-state index contributed by atoms with van der Waals surface area (Å²) < 4.78 is 11.9. The summed E-state index contributed by atoms with van der Waals surface area (Å²) in [7, 11) is 0. The van der Waals surface area contributed by atoms with Crippen LogP contribution in [0.5, 0.6) is 0 Å². The quantitative estimate of drug-likeness (QED) is 0.576. The fraction of sp³-hybridized carbons (Fsp3) is 1.00. The molecule has 0 radical (unpaired) electrons. The minimum atomic E-state index is -0.199. The summed E-state index contributed by atoms with van der Waals surface area (Å²) in [5.41, 5.74) is 0.174. The molecule has 0 N–H and O–H groups in total. The van der Waals surface area contributed by atoms with Crippen LogP contribution in [0.3, 0.4) is 0 Å². The van der Waals surface area contributed by atoms with Gasteiger partial charge in [-0.15, -0.1) is 0 Å². The zero-order valence-corrected chi connectivity index (χ0v) is 8.93. The molecular formula is C11H20O2. The maximum Gasteiger partial charge on any atom is 0.168 e. The topological polar surface area (TPSA) is 18.5 Å². The molecule has 1 unspecified atom stereocenters. The van der Waals surface area contributed by atoms with E-state index in [0.29, 0.717) is 6.10 Å². The van der Waals surface area contributed by atoms with E-state index in [-0.39, 0.29) is 11.2 Å². The number of hydrogen-bond acceptors (Lipinski definition) is 2. The molecule has 2 aliphatic rings. The lowest BCUT2D eigenvalue weighted by atomic mass is 9.87. The van der Waals surface area contributed by atoms with Gasteiger partial charge in [-0.3, -0.25) is 0 Å². The zero-order chi connectivity index (χ0) is 9.53. The lowest BCUT2D eigenvalue weighted by molar-refractivity contribution is -0.321. The maximum absolute atomic E-state index is 6.03. The van der Waals surface area contributed by atoms with E-state index in [1.165, 1.54) is 12.8 Å². The van der Waals surface area contributed by atoms with Gasteiger partial charge in [0.25, 0.3) is 0 Å². The molecule has 2 nitrogen and oxygen atoms in total. The Kier molecular flexibility index (Phi) is 2.16. The minimum Gasteiger partial charge on any atom is -0.349 e. The van der Waals surface area contributed by atoms with E-state index in [1.54, 1.807) is 0 Å². The second-order valence-electron chi connectivity index (χ2n) is 5.16. The normalized spacial score (nSPS) is 36.7. The van der Waals surface area contributed by atoms with E-state index in [4.69, 9.17) is 9.47 Å². The summed E-state index contributed by atoms with van der Waals surface area (Å²) in [4.78, 5) is 0. The molecule has 1 aliphatic heterocycles. The Balaban J connectivity index is 2.06. The summed E-state index contributed by atoms with van der Waals surface area (Å²) in [5, 5.41) is 0. The smallest absolute Gasteiger partial charge is 0.168 e. The Bertz CT molecular complexity index is 192. The van der Waals surface area contributed by atoms with Crippen molar-refractivity contribution in [2.75, 3.05) is 6.61 Å². The molecule has 1 atom stereocenters. The average molecular weight is 184 g/mol. The van der Waals surface area contributed by atoms with Gasteiger partial charge in [0.05, 0.1) is 12.7 Å². The van der Waals surface area contributed by atoms with Crippen molar-refractivity contribution in [2.24, 2.45) is 5.41 Å². The third-order valence-corrected chi connectivity index (χ3v) is 3.56. The van der Waals surface area contributed by atoms with Gasteiger partial charge >= 0.3 is 0 Å². The highest BCUT2D eigenvalue weighted by Crippen LogP contribution is 2.43. The highest BCUT2D eigenvalue weighted by molar-refractivity contribution is 4.88. The molecule has 2 heteroatoms. The molecule has 0 aromatic heterocycles.